The van der Waals surface area contributed by atoms with E-state index < -0.39 is 0 Å². The normalized spacial score (nSPS) is 17.3. The van der Waals surface area contributed by atoms with E-state index in [1.165, 1.54) is 0 Å². The van der Waals surface area contributed by atoms with Gasteiger partial charge in [-0.05, 0) is 31.2 Å². The molecule has 1 aliphatic heterocycles. The summed E-state index contributed by atoms with van der Waals surface area (Å²) in [4.78, 5) is 25.8. The number of carbonyl (C=O) groups is 1. The summed E-state index contributed by atoms with van der Waals surface area (Å²) in [6, 6.07) is 9.62. The average molecular weight is 365 g/mol. The van der Waals surface area contributed by atoms with Gasteiger partial charge >= 0.3 is 0 Å². The summed E-state index contributed by atoms with van der Waals surface area (Å²) in [5.41, 5.74) is 3.45. The van der Waals surface area contributed by atoms with Gasteiger partial charge in [0.25, 0.3) is 5.91 Å². The number of anilines is 1. The summed E-state index contributed by atoms with van der Waals surface area (Å²) in [7, 11) is 3.78. The van der Waals surface area contributed by atoms with Gasteiger partial charge < -0.3 is 18.9 Å². The third-order valence-electron chi connectivity index (χ3n) is 4.84. The number of hydrogen-bond acceptors (Lipinski definition) is 5. The largest absolute Gasteiger partial charge is 0.368 e. The maximum atomic E-state index is 13.1. The van der Waals surface area contributed by atoms with Gasteiger partial charge in [0.2, 0.25) is 0 Å². The second-order valence-electron chi connectivity index (χ2n) is 6.94. The lowest BCUT2D eigenvalue weighted by Gasteiger charge is -2.32. The molecule has 0 N–H and O–H groups in total. The van der Waals surface area contributed by atoms with Gasteiger partial charge in [-0.15, -0.1) is 0 Å². The smallest absolute Gasteiger partial charge is 0.257 e. The third-order valence-corrected chi connectivity index (χ3v) is 4.84. The molecule has 0 aromatic carbocycles. The molecule has 1 saturated heterocycles. The summed E-state index contributed by atoms with van der Waals surface area (Å²) < 4.78 is 7.98. The topological polar surface area (TPSA) is 63.0 Å². The molecule has 0 spiro atoms. The van der Waals surface area contributed by atoms with Crippen molar-refractivity contribution in [2.24, 2.45) is 0 Å². The zero-order chi connectivity index (χ0) is 19.0. The van der Waals surface area contributed by atoms with Crippen molar-refractivity contribution in [2.45, 2.75) is 13.0 Å². The molecule has 0 bridgehead atoms. The van der Waals surface area contributed by atoms with Crippen LogP contribution in [0.5, 0.6) is 0 Å². The Bertz CT molecular complexity index is 981. The van der Waals surface area contributed by atoms with Gasteiger partial charge in [0.15, 0.2) is 0 Å². The predicted molar refractivity (Wildman–Crippen MR) is 103 cm³/mol. The molecule has 4 rings (SSSR count). The zero-order valence-electron chi connectivity index (χ0n) is 15.8. The summed E-state index contributed by atoms with van der Waals surface area (Å²) >= 11 is 0. The minimum Gasteiger partial charge on any atom is -0.368 e. The Kier molecular flexibility index (Phi) is 4.53. The Hall–Kier alpha value is -2.93. The molecular weight excluding hydrogens is 342 g/mol. The minimum absolute atomic E-state index is 0.0277. The number of pyridine rings is 2. The molecule has 0 aliphatic carbocycles. The SMILES string of the molecule is Cc1cccc2nc(C3CN(C(=O)c4cccnc4N(C)C)CCO3)cn12. The van der Waals surface area contributed by atoms with Crippen LogP contribution in [0.3, 0.4) is 0 Å². The van der Waals surface area contributed by atoms with Crippen molar-refractivity contribution < 1.29 is 9.53 Å². The van der Waals surface area contributed by atoms with Gasteiger partial charge in [-0.2, -0.15) is 0 Å². The first kappa shape index (κ1) is 17.5. The molecule has 3 aromatic rings. The molecule has 1 fully saturated rings. The molecule has 1 aliphatic rings. The molecule has 1 atom stereocenters. The highest BCUT2D eigenvalue weighted by molar-refractivity contribution is 5.98. The van der Waals surface area contributed by atoms with E-state index in [9.17, 15) is 4.79 Å². The lowest BCUT2D eigenvalue weighted by molar-refractivity contribution is -0.0245. The monoisotopic (exact) mass is 365 g/mol. The Labute approximate surface area is 158 Å². The maximum Gasteiger partial charge on any atom is 0.257 e. The van der Waals surface area contributed by atoms with E-state index in [-0.39, 0.29) is 12.0 Å². The Balaban J connectivity index is 1.59. The third kappa shape index (κ3) is 3.26. The number of amides is 1. The Morgan fingerprint density at radius 3 is 2.89 bits per heavy atom. The van der Waals surface area contributed by atoms with Crippen molar-refractivity contribution in [3.63, 3.8) is 0 Å². The van der Waals surface area contributed by atoms with Crippen molar-refractivity contribution in [2.75, 3.05) is 38.7 Å². The number of ether oxygens (including phenoxy) is 1. The van der Waals surface area contributed by atoms with E-state index in [1.807, 2.05) is 65.7 Å². The second kappa shape index (κ2) is 7.00. The van der Waals surface area contributed by atoms with E-state index in [0.29, 0.717) is 31.1 Å². The average Bonchev–Trinajstić information content (AvgIpc) is 3.13. The van der Waals surface area contributed by atoms with Crippen LogP contribution < -0.4 is 4.90 Å². The molecule has 3 aromatic heterocycles. The fourth-order valence-electron chi connectivity index (χ4n) is 3.43. The molecule has 0 radical (unpaired) electrons. The fourth-order valence-corrected chi connectivity index (χ4v) is 3.43. The Morgan fingerprint density at radius 2 is 2.11 bits per heavy atom. The number of nitrogens with zero attached hydrogens (tertiary/aromatic N) is 5. The van der Waals surface area contributed by atoms with Gasteiger partial charge in [0.1, 0.15) is 17.6 Å². The quantitative estimate of drug-likeness (QED) is 0.713. The molecule has 1 unspecified atom stereocenters. The van der Waals surface area contributed by atoms with Crippen molar-refractivity contribution >= 4 is 17.4 Å². The lowest BCUT2D eigenvalue weighted by Crippen LogP contribution is -2.42. The predicted octanol–water partition coefficient (Wildman–Crippen LogP) is 2.32. The van der Waals surface area contributed by atoms with Crippen molar-refractivity contribution in [1.82, 2.24) is 19.3 Å². The zero-order valence-corrected chi connectivity index (χ0v) is 15.8. The van der Waals surface area contributed by atoms with Gasteiger partial charge in [-0.25, -0.2) is 9.97 Å². The molecule has 7 heteroatoms. The highest BCUT2D eigenvalue weighted by Crippen LogP contribution is 2.25. The van der Waals surface area contributed by atoms with Crippen LogP contribution in [0.2, 0.25) is 0 Å². The van der Waals surface area contributed by atoms with E-state index in [1.54, 1.807) is 12.3 Å². The van der Waals surface area contributed by atoms with Crippen LogP contribution in [0, 0.1) is 6.92 Å². The van der Waals surface area contributed by atoms with Gasteiger partial charge in [-0.3, -0.25) is 4.79 Å². The standard InChI is InChI=1S/C20H23N5O2/c1-14-6-4-8-18-22-16(12-25(14)18)17-13-24(10-11-27-17)20(26)15-7-5-9-21-19(15)23(2)3/h4-9,12,17H,10-11,13H2,1-3H3. The van der Waals surface area contributed by atoms with Crippen LogP contribution in [-0.2, 0) is 4.74 Å². The first-order valence-corrected chi connectivity index (χ1v) is 9.02. The molecule has 4 heterocycles. The summed E-state index contributed by atoms with van der Waals surface area (Å²) in [6.45, 7) is 3.56. The molecule has 1 amide bonds. The van der Waals surface area contributed by atoms with E-state index >= 15 is 0 Å². The van der Waals surface area contributed by atoms with Crippen LogP contribution in [0.4, 0.5) is 5.82 Å². The number of aromatic nitrogens is 3. The van der Waals surface area contributed by atoms with E-state index in [2.05, 4.69) is 9.97 Å². The highest BCUT2D eigenvalue weighted by Gasteiger charge is 2.29. The van der Waals surface area contributed by atoms with Crippen LogP contribution in [0.1, 0.15) is 27.8 Å². The molecular formula is C20H23N5O2. The number of fused-ring (bicyclic) bond motifs is 1. The van der Waals surface area contributed by atoms with Crippen LogP contribution in [-0.4, -0.2) is 59.0 Å². The summed E-state index contributed by atoms with van der Waals surface area (Å²) in [6.07, 6.45) is 3.47. The van der Waals surface area contributed by atoms with E-state index in [0.717, 1.165) is 17.0 Å². The summed E-state index contributed by atoms with van der Waals surface area (Å²) in [5, 5.41) is 0. The second-order valence-corrected chi connectivity index (χ2v) is 6.94. The van der Waals surface area contributed by atoms with Gasteiger partial charge in [0.05, 0.1) is 24.4 Å². The first-order chi connectivity index (χ1) is 13.0. The minimum atomic E-state index is -0.235. The Morgan fingerprint density at radius 1 is 1.26 bits per heavy atom. The summed E-state index contributed by atoms with van der Waals surface area (Å²) in [5.74, 6) is 0.647. The first-order valence-electron chi connectivity index (χ1n) is 9.02. The molecule has 7 nitrogen and oxygen atoms in total. The van der Waals surface area contributed by atoms with Gasteiger partial charge in [-0.1, -0.05) is 6.07 Å². The number of carbonyl (C=O) groups excluding carboxylic acids is 1. The highest BCUT2D eigenvalue weighted by atomic mass is 16.5. The number of aryl methyl sites for hydroxylation is 1. The van der Waals surface area contributed by atoms with Crippen molar-refractivity contribution in [3.8, 4) is 0 Å². The van der Waals surface area contributed by atoms with Crippen LogP contribution >= 0.6 is 0 Å². The lowest BCUT2D eigenvalue weighted by atomic mass is 10.1. The van der Waals surface area contributed by atoms with E-state index in [4.69, 9.17) is 4.74 Å². The number of hydrogen-bond donors (Lipinski definition) is 0. The number of rotatable bonds is 3. The van der Waals surface area contributed by atoms with Crippen molar-refractivity contribution in [3.05, 3.63) is 59.7 Å². The van der Waals surface area contributed by atoms with Gasteiger partial charge in [0, 0.05) is 38.7 Å². The number of imidazole rings is 1. The molecule has 0 saturated carbocycles. The molecule has 27 heavy (non-hydrogen) atoms. The number of morpholine rings is 1. The van der Waals surface area contributed by atoms with Crippen molar-refractivity contribution in [1.29, 1.82) is 0 Å². The van der Waals surface area contributed by atoms with Crippen LogP contribution in [0.25, 0.3) is 5.65 Å². The van der Waals surface area contributed by atoms with Crippen LogP contribution in [0.15, 0.2) is 42.7 Å². The fraction of sp³-hybridized carbons (Fsp3) is 0.350. The molecule has 140 valence electrons. The maximum absolute atomic E-state index is 13.1.